The lowest BCUT2D eigenvalue weighted by atomic mass is 10.1. The molecule has 0 spiro atoms. The number of aryl methyl sites for hydroxylation is 1. The van der Waals surface area contributed by atoms with E-state index in [1.165, 1.54) is 25.1 Å². The lowest BCUT2D eigenvalue weighted by molar-refractivity contribution is -0.121. The average molecular weight is 467 g/mol. The highest BCUT2D eigenvalue weighted by molar-refractivity contribution is 5.90. The molecule has 0 saturated heterocycles. The molecule has 0 unspecified atom stereocenters. The number of carbonyl (C=O) groups excluding carboxylic acids is 2. The van der Waals surface area contributed by atoms with Crippen LogP contribution in [0.2, 0.25) is 0 Å². The number of fused-ring (bicyclic) bond motifs is 1. The quantitative estimate of drug-likeness (QED) is 0.475. The van der Waals surface area contributed by atoms with Crippen LogP contribution in [0.1, 0.15) is 32.3 Å². The second-order valence-electron chi connectivity index (χ2n) is 8.22. The van der Waals surface area contributed by atoms with Gasteiger partial charge in [-0.3, -0.25) is 19.0 Å². The van der Waals surface area contributed by atoms with Crippen molar-refractivity contribution in [3.8, 4) is 11.5 Å². The Morgan fingerprint density at radius 1 is 1.03 bits per heavy atom. The number of carbonyl (C=O) groups is 2. The molecule has 0 bridgehead atoms. The summed E-state index contributed by atoms with van der Waals surface area (Å²) >= 11 is 0. The minimum atomic E-state index is -0.205. The van der Waals surface area contributed by atoms with Crippen molar-refractivity contribution in [3.05, 3.63) is 58.6 Å². The van der Waals surface area contributed by atoms with Crippen LogP contribution >= 0.6 is 0 Å². The highest BCUT2D eigenvalue weighted by Gasteiger charge is 2.12. The molecule has 0 aliphatic heterocycles. The van der Waals surface area contributed by atoms with E-state index in [9.17, 15) is 14.4 Å². The molecular formula is C25H30N4O5. The third-order valence-electron chi connectivity index (χ3n) is 5.18. The Hall–Kier alpha value is -3.88. The van der Waals surface area contributed by atoms with Gasteiger partial charge in [-0.15, -0.1) is 0 Å². The summed E-state index contributed by atoms with van der Waals surface area (Å²) in [5.74, 6) is 0.766. The Morgan fingerprint density at radius 3 is 2.35 bits per heavy atom. The zero-order valence-electron chi connectivity index (χ0n) is 19.9. The summed E-state index contributed by atoms with van der Waals surface area (Å²) in [6.07, 6.45) is 2.48. The number of amides is 2. The molecule has 0 aliphatic rings. The summed E-state index contributed by atoms with van der Waals surface area (Å²) in [6, 6.07) is 10.6. The number of nitrogens with zero attached hydrogens (tertiary/aromatic N) is 2. The van der Waals surface area contributed by atoms with Gasteiger partial charge in [-0.1, -0.05) is 12.1 Å². The Morgan fingerprint density at radius 2 is 1.71 bits per heavy atom. The van der Waals surface area contributed by atoms with Gasteiger partial charge in [0.25, 0.3) is 5.56 Å². The van der Waals surface area contributed by atoms with Gasteiger partial charge in [-0.25, -0.2) is 4.98 Å². The van der Waals surface area contributed by atoms with E-state index in [0.717, 1.165) is 5.56 Å². The third kappa shape index (κ3) is 6.34. The van der Waals surface area contributed by atoms with Crippen molar-refractivity contribution in [1.82, 2.24) is 14.9 Å². The molecule has 1 aromatic heterocycles. The monoisotopic (exact) mass is 466 g/mol. The lowest BCUT2D eigenvalue weighted by Crippen LogP contribution is -2.31. The molecule has 3 aromatic rings. The number of hydrogen-bond donors (Lipinski definition) is 2. The fourth-order valence-electron chi connectivity index (χ4n) is 3.54. The first-order valence-corrected chi connectivity index (χ1v) is 11.1. The summed E-state index contributed by atoms with van der Waals surface area (Å²) < 4.78 is 12.0. The fraction of sp³-hybridized carbons (Fsp3) is 0.360. The first-order chi connectivity index (χ1) is 16.3. The maximum Gasteiger partial charge on any atom is 0.261 e. The summed E-state index contributed by atoms with van der Waals surface area (Å²) in [6.45, 7) is 4.18. The van der Waals surface area contributed by atoms with Crippen LogP contribution in [-0.4, -0.2) is 41.6 Å². The summed E-state index contributed by atoms with van der Waals surface area (Å²) in [7, 11) is 3.03. The van der Waals surface area contributed by atoms with Crippen LogP contribution in [0.25, 0.3) is 10.9 Å². The van der Waals surface area contributed by atoms with Crippen LogP contribution in [0.4, 0.5) is 5.69 Å². The van der Waals surface area contributed by atoms with E-state index in [1.54, 1.807) is 24.3 Å². The smallest absolute Gasteiger partial charge is 0.261 e. The van der Waals surface area contributed by atoms with Crippen LogP contribution in [-0.2, 0) is 22.6 Å². The molecule has 0 aliphatic carbocycles. The van der Waals surface area contributed by atoms with Gasteiger partial charge in [-0.2, -0.15) is 0 Å². The predicted molar refractivity (Wildman–Crippen MR) is 130 cm³/mol. The van der Waals surface area contributed by atoms with E-state index in [-0.39, 0.29) is 29.8 Å². The molecule has 2 N–H and O–H groups in total. The summed E-state index contributed by atoms with van der Waals surface area (Å²) in [5.41, 5.74) is 1.84. The molecule has 9 heteroatoms. The van der Waals surface area contributed by atoms with E-state index in [0.29, 0.717) is 47.5 Å². The van der Waals surface area contributed by atoms with Crippen molar-refractivity contribution >= 4 is 28.4 Å². The molecule has 0 fully saturated rings. The van der Waals surface area contributed by atoms with Crippen molar-refractivity contribution in [2.75, 3.05) is 19.5 Å². The van der Waals surface area contributed by atoms with Gasteiger partial charge >= 0.3 is 0 Å². The van der Waals surface area contributed by atoms with Gasteiger partial charge in [0.1, 0.15) is 0 Å². The van der Waals surface area contributed by atoms with Gasteiger partial charge < -0.3 is 20.1 Å². The van der Waals surface area contributed by atoms with Crippen molar-refractivity contribution < 1.29 is 19.1 Å². The number of anilines is 1. The number of ether oxygens (including phenoxy) is 2. The summed E-state index contributed by atoms with van der Waals surface area (Å²) in [4.78, 5) is 41.3. The minimum Gasteiger partial charge on any atom is -0.493 e. The van der Waals surface area contributed by atoms with E-state index in [2.05, 4.69) is 15.6 Å². The second kappa shape index (κ2) is 11.3. The molecule has 34 heavy (non-hydrogen) atoms. The van der Waals surface area contributed by atoms with Crippen LogP contribution in [0.15, 0.2) is 47.5 Å². The highest BCUT2D eigenvalue weighted by atomic mass is 16.5. The van der Waals surface area contributed by atoms with Gasteiger partial charge in [0, 0.05) is 30.8 Å². The first kappa shape index (κ1) is 24.8. The number of rotatable bonds is 10. The van der Waals surface area contributed by atoms with E-state index in [1.807, 2.05) is 26.0 Å². The Labute approximate surface area is 198 Å². The van der Waals surface area contributed by atoms with Crippen LogP contribution in [0.3, 0.4) is 0 Å². The van der Waals surface area contributed by atoms with Crippen molar-refractivity contribution in [1.29, 1.82) is 0 Å². The van der Waals surface area contributed by atoms with Crippen molar-refractivity contribution in [2.45, 2.75) is 45.7 Å². The van der Waals surface area contributed by atoms with E-state index >= 15 is 0 Å². The molecule has 180 valence electrons. The SMILES string of the molecule is COc1cc2ncn(CCCC(=O)Nc3ccc(CC(=O)NC(C)C)cc3)c(=O)c2cc1OC. The minimum absolute atomic E-state index is 0.0391. The molecule has 2 amide bonds. The molecule has 0 atom stereocenters. The molecule has 9 nitrogen and oxygen atoms in total. The Balaban J connectivity index is 1.55. The number of hydrogen-bond acceptors (Lipinski definition) is 6. The van der Waals surface area contributed by atoms with Crippen LogP contribution in [0.5, 0.6) is 11.5 Å². The predicted octanol–water partition coefficient (Wildman–Crippen LogP) is 2.90. The molecule has 2 aromatic carbocycles. The van der Waals surface area contributed by atoms with Gasteiger partial charge in [0.15, 0.2) is 11.5 Å². The first-order valence-electron chi connectivity index (χ1n) is 11.1. The average Bonchev–Trinajstić information content (AvgIpc) is 2.80. The fourth-order valence-corrected chi connectivity index (χ4v) is 3.54. The molecule has 1 heterocycles. The molecule has 3 rings (SSSR count). The van der Waals surface area contributed by atoms with Gasteiger partial charge in [-0.05, 0) is 44.0 Å². The molecule has 0 saturated carbocycles. The number of aromatic nitrogens is 2. The normalized spacial score (nSPS) is 10.9. The maximum atomic E-state index is 12.8. The summed E-state index contributed by atoms with van der Waals surface area (Å²) in [5, 5.41) is 6.11. The van der Waals surface area contributed by atoms with E-state index < -0.39 is 0 Å². The zero-order valence-corrected chi connectivity index (χ0v) is 19.9. The second-order valence-corrected chi connectivity index (χ2v) is 8.22. The number of benzene rings is 2. The maximum absolute atomic E-state index is 12.8. The van der Waals surface area contributed by atoms with Gasteiger partial charge in [0.05, 0.1) is 37.9 Å². The third-order valence-corrected chi connectivity index (χ3v) is 5.18. The van der Waals surface area contributed by atoms with Crippen molar-refractivity contribution in [3.63, 3.8) is 0 Å². The Kier molecular flexibility index (Phi) is 8.24. The molecule has 0 radical (unpaired) electrons. The largest absolute Gasteiger partial charge is 0.493 e. The van der Waals surface area contributed by atoms with E-state index in [4.69, 9.17) is 9.47 Å². The van der Waals surface area contributed by atoms with Gasteiger partial charge in [0.2, 0.25) is 11.8 Å². The van der Waals surface area contributed by atoms with Crippen molar-refractivity contribution in [2.24, 2.45) is 0 Å². The number of nitrogens with one attached hydrogen (secondary N) is 2. The highest BCUT2D eigenvalue weighted by Crippen LogP contribution is 2.29. The topological polar surface area (TPSA) is 112 Å². The Bertz CT molecular complexity index is 1220. The lowest BCUT2D eigenvalue weighted by Gasteiger charge is -2.11. The van der Waals surface area contributed by atoms with Crippen LogP contribution in [0, 0.1) is 0 Å². The zero-order chi connectivity index (χ0) is 24.7. The number of methoxy groups -OCH3 is 2. The molecular weight excluding hydrogens is 436 g/mol. The van der Waals surface area contributed by atoms with Crippen LogP contribution < -0.4 is 25.7 Å². The standard InChI is InChI=1S/C25H30N4O5/c1-16(2)27-24(31)12-17-7-9-18(10-8-17)28-23(30)6-5-11-29-15-26-20-14-22(34-4)21(33-3)13-19(20)25(29)32/h7-10,13-16H,5-6,11-12H2,1-4H3,(H,27,31)(H,28,30).